The molecule has 0 radical (unpaired) electrons. The second kappa shape index (κ2) is 7.03. The monoisotopic (exact) mass is 336 g/mol. The number of aliphatic carboxylic acids is 1. The van der Waals surface area contributed by atoms with Crippen LogP contribution in [0.1, 0.15) is 58.8 Å². The number of hydrogen-bond donors (Lipinski definition) is 2. The van der Waals surface area contributed by atoms with E-state index in [2.05, 4.69) is 5.32 Å². The van der Waals surface area contributed by atoms with Crippen molar-refractivity contribution in [1.82, 2.24) is 10.2 Å². The molecule has 0 heterocycles. The van der Waals surface area contributed by atoms with Gasteiger partial charge in [-0.15, -0.1) is 0 Å². The van der Waals surface area contributed by atoms with Gasteiger partial charge in [0.05, 0.1) is 0 Å². The average Bonchev–Trinajstić information content (AvgIpc) is 2.48. The molecular weight excluding hydrogens is 304 g/mol. The molecule has 0 aliphatic heterocycles. The minimum atomic E-state index is -0.775. The smallest absolute Gasteiger partial charge is 0.320 e. The van der Waals surface area contributed by atoms with Crippen molar-refractivity contribution in [3.8, 4) is 0 Å². The van der Waals surface area contributed by atoms with Crippen LogP contribution in [0.15, 0.2) is 0 Å². The van der Waals surface area contributed by atoms with Crippen LogP contribution in [0.2, 0.25) is 0 Å². The molecule has 2 N–H and O–H groups in total. The molecular formula is C19H32N2O3. The van der Waals surface area contributed by atoms with Gasteiger partial charge in [-0.1, -0.05) is 0 Å². The third kappa shape index (κ3) is 3.93. The van der Waals surface area contributed by atoms with Crippen LogP contribution >= 0.6 is 0 Å². The summed E-state index contributed by atoms with van der Waals surface area (Å²) in [5.41, 5.74) is 0.471. The first kappa shape index (κ1) is 17.7. The molecule has 0 aromatic heterocycles. The van der Waals surface area contributed by atoms with Gasteiger partial charge < -0.3 is 10.4 Å². The fourth-order valence-electron chi connectivity index (χ4n) is 6.01. The number of rotatable bonds is 8. The van der Waals surface area contributed by atoms with Crippen molar-refractivity contribution in [3.63, 3.8) is 0 Å². The third-order valence-electron chi connectivity index (χ3n) is 6.77. The summed E-state index contributed by atoms with van der Waals surface area (Å²) in [6.45, 7) is 5.22. The molecule has 0 aromatic carbocycles. The maximum Gasteiger partial charge on any atom is 0.320 e. The van der Waals surface area contributed by atoms with Crippen LogP contribution in [0, 0.1) is 23.2 Å². The highest BCUT2D eigenvalue weighted by molar-refractivity contribution is 5.73. The molecule has 4 aliphatic rings. The number of carbonyl (C=O) groups is 2. The van der Waals surface area contributed by atoms with Crippen molar-refractivity contribution < 1.29 is 14.7 Å². The molecule has 4 bridgehead atoms. The van der Waals surface area contributed by atoms with E-state index in [4.69, 9.17) is 0 Å². The van der Waals surface area contributed by atoms with Gasteiger partial charge in [0.25, 0.3) is 0 Å². The van der Waals surface area contributed by atoms with Crippen molar-refractivity contribution >= 4 is 11.9 Å². The third-order valence-corrected chi connectivity index (χ3v) is 6.77. The molecule has 4 rings (SSSR count). The van der Waals surface area contributed by atoms with Gasteiger partial charge in [0, 0.05) is 20.0 Å². The molecule has 0 spiro atoms. The molecule has 0 saturated heterocycles. The summed E-state index contributed by atoms with van der Waals surface area (Å²) >= 11 is 0. The van der Waals surface area contributed by atoms with Gasteiger partial charge >= 0.3 is 5.97 Å². The average molecular weight is 336 g/mol. The summed E-state index contributed by atoms with van der Waals surface area (Å²) in [5.74, 6) is 1.96. The predicted octanol–water partition coefficient (Wildman–Crippen LogP) is 2.50. The summed E-state index contributed by atoms with van der Waals surface area (Å²) in [7, 11) is 0. The lowest BCUT2D eigenvalue weighted by Gasteiger charge is -2.57. The minimum Gasteiger partial charge on any atom is -0.480 e. The van der Waals surface area contributed by atoms with Gasteiger partial charge in [0.2, 0.25) is 5.91 Å². The van der Waals surface area contributed by atoms with E-state index in [9.17, 15) is 14.7 Å². The van der Waals surface area contributed by atoms with Crippen molar-refractivity contribution in [2.45, 2.75) is 64.8 Å². The highest BCUT2D eigenvalue weighted by Crippen LogP contribution is 2.61. The Morgan fingerprint density at radius 3 is 2.12 bits per heavy atom. The maximum atomic E-state index is 11.4. The molecule has 1 atom stereocenters. The summed E-state index contributed by atoms with van der Waals surface area (Å²) in [6.07, 6.45) is 9.53. The van der Waals surface area contributed by atoms with Crippen LogP contribution in [0.5, 0.6) is 0 Å². The summed E-state index contributed by atoms with van der Waals surface area (Å²) in [4.78, 5) is 24.5. The van der Waals surface area contributed by atoms with E-state index in [-0.39, 0.29) is 5.91 Å². The Labute approximate surface area is 145 Å². The van der Waals surface area contributed by atoms with E-state index in [1.165, 1.54) is 45.4 Å². The number of amides is 1. The Balaban J connectivity index is 1.58. The predicted molar refractivity (Wildman–Crippen MR) is 92.6 cm³/mol. The molecule has 5 nitrogen and oxygen atoms in total. The van der Waals surface area contributed by atoms with E-state index in [0.717, 1.165) is 30.7 Å². The standard InChI is InChI=1S/C19H32N2O3/c1-13(18(23)24)21(6-4-20-14(2)22)5-3-19-10-15-7-16(11-19)9-17(8-15)12-19/h13,15-17H,3-12H2,1-2H3,(H,20,22)(H,23,24). The summed E-state index contributed by atoms with van der Waals surface area (Å²) < 4.78 is 0. The molecule has 1 amide bonds. The van der Waals surface area contributed by atoms with Crippen molar-refractivity contribution in [1.29, 1.82) is 0 Å². The van der Waals surface area contributed by atoms with Gasteiger partial charge in [-0.05, 0) is 81.6 Å². The van der Waals surface area contributed by atoms with Crippen LogP contribution in [-0.4, -0.2) is 47.6 Å². The van der Waals surface area contributed by atoms with E-state index >= 15 is 0 Å². The SMILES string of the molecule is CC(=O)NCCN(CCC12CC3CC(CC(C3)C1)C2)C(C)C(=O)O. The normalized spacial score (nSPS) is 35.2. The molecule has 4 fully saturated rings. The summed E-state index contributed by atoms with van der Waals surface area (Å²) in [5, 5.41) is 12.2. The van der Waals surface area contributed by atoms with Gasteiger partial charge in [0.1, 0.15) is 6.04 Å². The molecule has 0 aromatic rings. The lowest BCUT2D eigenvalue weighted by atomic mass is 9.49. The lowest BCUT2D eigenvalue weighted by molar-refractivity contribution is -0.143. The fourth-order valence-corrected chi connectivity index (χ4v) is 6.01. The van der Waals surface area contributed by atoms with Crippen molar-refractivity contribution in [2.75, 3.05) is 19.6 Å². The largest absolute Gasteiger partial charge is 0.480 e. The zero-order valence-corrected chi connectivity index (χ0v) is 15.1. The Morgan fingerprint density at radius 1 is 1.12 bits per heavy atom. The molecule has 4 aliphatic carbocycles. The van der Waals surface area contributed by atoms with Crippen LogP contribution in [0.4, 0.5) is 0 Å². The Hall–Kier alpha value is -1.10. The van der Waals surface area contributed by atoms with Crippen LogP contribution in [0.3, 0.4) is 0 Å². The molecule has 4 saturated carbocycles. The molecule has 24 heavy (non-hydrogen) atoms. The second-order valence-electron chi connectivity index (χ2n) is 8.70. The molecule has 136 valence electrons. The number of hydrogen-bond acceptors (Lipinski definition) is 3. The second-order valence-corrected chi connectivity index (χ2v) is 8.70. The first-order valence-electron chi connectivity index (χ1n) is 9.58. The highest BCUT2D eigenvalue weighted by atomic mass is 16.4. The van der Waals surface area contributed by atoms with Crippen molar-refractivity contribution in [2.24, 2.45) is 23.2 Å². The highest BCUT2D eigenvalue weighted by Gasteiger charge is 2.50. The van der Waals surface area contributed by atoms with Gasteiger partial charge in [-0.2, -0.15) is 0 Å². The number of nitrogens with one attached hydrogen (secondary N) is 1. The van der Waals surface area contributed by atoms with E-state index < -0.39 is 12.0 Å². The molecule has 1 unspecified atom stereocenters. The van der Waals surface area contributed by atoms with Gasteiger partial charge in [-0.3, -0.25) is 14.5 Å². The van der Waals surface area contributed by atoms with Crippen LogP contribution < -0.4 is 5.32 Å². The Bertz CT molecular complexity index is 456. The minimum absolute atomic E-state index is 0.0565. The van der Waals surface area contributed by atoms with Crippen molar-refractivity contribution in [3.05, 3.63) is 0 Å². The van der Waals surface area contributed by atoms with E-state index in [0.29, 0.717) is 18.5 Å². The number of nitrogens with zero attached hydrogens (tertiary/aromatic N) is 1. The number of carbonyl (C=O) groups excluding carboxylic acids is 1. The Morgan fingerprint density at radius 2 is 1.67 bits per heavy atom. The molecule has 5 heteroatoms. The topological polar surface area (TPSA) is 69.6 Å². The van der Waals surface area contributed by atoms with Crippen LogP contribution in [0.25, 0.3) is 0 Å². The fraction of sp³-hybridized carbons (Fsp3) is 0.895. The zero-order chi connectivity index (χ0) is 17.3. The van der Waals surface area contributed by atoms with Crippen LogP contribution in [-0.2, 0) is 9.59 Å². The number of carboxylic acid groups (broad SMARTS) is 1. The Kier molecular flexibility index (Phi) is 5.19. The summed E-state index contributed by atoms with van der Waals surface area (Å²) in [6, 6.07) is -0.493. The first-order valence-corrected chi connectivity index (χ1v) is 9.58. The van der Waals surface area contributed by atoms with E-state index in [1.807, 2.05) is 4.90 Å². The lowest BCUT2D eigenvalue weighted by Crippen LogP contribution is -2.49. The number of carboxylic acids is 1. The van der Waals surface area contributed by atoms with Gasteiger partial charge in [0.15, 0.2) is 0 Å². The zero-order valence-electron chi connectivity index (χ0n) is 15.1. The maximum absolute atomic E-state index is 11.4. The first-order chi connectivity index (χ1) is 11.4. The van der Waals surface area contributed by atoms with Gasteiger partial charge in [-0.25, -0.2) is 0 Å². The van der Waals surface area contributed by atoms with E-state index in [1.54, 1.807) is 6.92 Å². The quantitative estimate of drug-likeness (QED) is 0.714.